The Hall–Kier alpha value is -1.79. The summed E-state index contributed by atoms with van der Waals surface area (Å²) in [5.41, 5.74) is 0. The number of carboxylic acid groups (broad SMARTS) is 1. The average molecular weight is 298 g/mol. The van der Waals surface area contributed by atoms with E-state index >= 15 is 0 Å². The van der Waals surface area contributed by atoms with E-state index < -0.39 is 12.0 Å². The number of carboxylic acids is 1. The molecule has 2 heterocycles. The smallest absolute Gasteiger partial charge is 0.326 e. The van der Waals surface area contributed by atoms with Crippen LogP contribution in [0.5, 0.6) is 0 Å². The number of esters is 1. The Morgan fingerprint density at radius 2 is 1.90 bits per heavy atom. The first-order valence-corrected chi connectivity index (χ1v) is 7.49. The zero-order chi connectivity index (χ0) is 15.4. The molecule has 2 aliphatic heterocycles. The highest BCUT2D eigenvalue weighted by atomic mass is 16.5. The van der Waals surface area contributed by atoms with Gasteiger partial charge < -0.3 is 19.6 Å². The number of carbonyl (C=O) groups excluding carboxylic acids is 2. The maximum Gasteiger partial charge on any atom is 0.326 e. The molecule has 0 aromatic heterocycles. The maximum absolute atomic E-state index is 12.5. The first kappa shape index (κ1) is 15.6. The van der Waals surface area contributed by atoms with E-state index in [2.05, 4.69) is 0 Å². The highest BCUT2D eigenvalue weighted by molar-refractivity contribution is 5.84. The van der Waals surface area contributed by atoms with Crippen LogP contribution in [0.1, 0.15) is 32.6 Å². The van der Waals surface area contributed by atoms with Crippen molar-refractivity contribution in [2.45, 2.75) is 38.6 Å². The first-order chi connectivity index (χ1) is 10.0. The predicted molar refractivity (Wildman–Crippen MR) is 73.7 cm³/mol. The molecule has 0 aromatic rings. The molecule has 118 valence electrons. The second kappa shape index (κ2) is 6.78. The minimum atomic E-state index is -0.959. The topological polar surface area (TPSA) is 87.2 Å². The van der Waals surface area contributed by atoms with Crippen LogP contribution in [0.3, 0.4) is 0 Å². The minimum absolute atomic E-state index is 0.270. The van der Waals surface area contributed by atoms with Crippen LogP contribution in [-0.2, 0) is 14.3 Å². The first-order valence-electron chi connectivity index (χ1n) is 7.49. The van der Waals surface area contributed by atoms with Gasteiger partial charge in [-0.3, -0.25) is 4.79 Å². The molecule has 0 bridgehead atoms. The lowest BCUT2D eigenvalue weighted by atomic mass is 9.98. The molecule has 1 unspecified atom stereocenters. The van der Waals surface area contributed by atoms with Gasteiger partial charge in [0.1, 0.15) is 6.04 Å². The maximum atomic E-state index is 12.5. The summed E-state index contributed by atoms with van der Waals surface area (Å²) >= 11 is 0. The third-order valence-electron chi connectivity index (χ3n) is 4.10. The SMILES string of the molecule is CCOC(=O)C1CCCN(C(=O)N2CCC[C@H]2C(=O)O)C1. The van der Waals surface area contributed by atoms with Crippen LogP contribution in [0.4, 0.5) is 4.79 Å². The molecule has 0 radical (unpaired) electrons. The Morgan fingerprint density at radius 1 is 1.19 bits per heavy atom. The van der Waals surface area contributed by atoms with Crippen LogP contribution in [-0.4, -0.2) is 65.2 Å². The van der Waals surface area contributed by atoms with Gasteiger partial charge in [-0.25, -0.2) is 9.59 Å². The van der Waals surface area contributed by atoms with E-state index in [4.69, 9.17) is 9.84 Å². The fourth-order valence-corrected chi connectivity index (χ4v) is 3.04. The van der Waals surface area contributed by atoms with Gasteiger partial charge in [0.05, 0.1) is 12.5 Å². The van der Waals surface area contributed by atoms with Crippen molar-refractivity contribution in [1.29, 1.82) is 0 Å². The molecular formula is C14H22N2O5. The van der Waals surface area contributed by atoms with Crippen molar-refractivity contribution >= 4 is 18.0 Å². The zero-order valence-electron chi connectivity index (χ0n) is 12.3. The van der Waals surface area contributed by atoms with Crippen LogP contribution in [0, 0.1) is 5.92 Å². The van der Waals surface area contributed by atoms with Gasteiger partial charge in [-0.2, -0.15) is 0 Å². The van der Waals surface area contributed by atoms with Crippen LogP contribution < -0.4 is 0 Å². The number of amides is 2. The normalized spacial score (nSPS) is 25.8. The quantitative estimate of drug-likeness (QED) is 0.783. The van der Waals surface area contributed by atoms with E-state index in [0.29, 0.717) is 45.5 Å². The predicted octanol–water partition coefficient (Wildman–Crippen LogP) is 0.931. The number of hydrogen-bond acceptors (Lipinski definition) is 4. The molecule has 2 fully saturated rings. The average Bonchev–Trinajstić information content (AvgIpc) is 2.96. The number of hydrogen-bond donors (Lipinski definition) is 1. The zero-order valence-corrected chi connectivity index (χ0v) is 12.3. The molecule has 21 heavy (non-hydrogen) atoms. The van der Waals surface area contributed by atoms with Crippen molar-refractivity contribution in [2.75, 3.05) is 26.2 Å². The van der Waals surface area contributed by atoms with E-state index in [1.165, 1.54) is 4.90 Å². The number of piperidine rings is 1. The number of rotatable bonds is 3. The van der Waals surface area contributed by atoms with Crippen molar-refractivity contribution in [2.24, 2.45) is 5.92 Å². The van der Waals surface area contributed by atoms with Crippen molar-refractivity contribution in [3.8, 4) is 0 Å². The van der Waals surface area contributed by atoms with Gasteiger partial charge in [0.25, 0.3) is 0 Å². The van der Waals surface area contributed by atoms with E-state index in [1.54, 1.807) is 11.8 Å². The summed E-state index contributed by atoms with van der Waals surface area (Å²) in [6.07, 6.45) is 2.65. The van der Waals surface area contributed by atoms with Gasteiger partial charge in [0.15, 0.2) is 0 Å². The summed E-state index contributed by atoms with van der Waals surface area (Å²) in [4.78, 5) is 38.4. The Morgan fingerprint density at radius 3 is 2.57 bits per heavy atom. The number of carbonyl (C=O) groups is 3. The molecule has 2 amide bonds. The largest absolute Gasteiger partial charge is 0.480 e. The number of nitrogens with zero attached hydrogens (tertiary/aromatic N) is 2. The van der Waals surface area contributed by atoms with E-state index in [-0.39, 0.29) is 17.9 Å². The summed E-state index contributed by atoms with van der Waals surface area (Å²) in [5.74, 6) is -1.53. The molecule has 0 aliphatic carbocycles. The van der Waals surface area contributed by atoms with Crippen molar-refractivity contribution in [3.05, 3.63) is 0 Å². The van der Waals surface area contributed by atoms with E-state index in [1.807, 2.05) is 0 Å². The number of urea groups is 1. The van der Waals surface area contributed by atoms with Crippen LogP contribution in [0.25, 0.3) is 0 Å². The third kappa shape index (κ3) is 3.46. The number of likely N-dealkylation sites (tertiary alicyclic amines) is 2. The van der Waals surface area contributed by atoms with Gasteiger partial charge in [0.2, 0.25) is 0 Å². The Kier molecular flexibility index (Phi) is 5.03. The minimum Gasteiger partial charge on any atom is -0.480 e. The highest BCUT2D eigenvalue weighted by Gasteiger charge is 2.38. The molecule has 2 saturated heterocycles. The van der Waals surface area contributed by atoms with Gasteiger partial charge in [-0.15, -0.1) is 0 Å². The lowest BCUT2D eigenvalue weighted by Crippen LogP contribution is -2.51. The van der Waals surface area contributed by atoms with Gasteiger partial charge >= 0.3 is 18.0 Å². The lowest BCUT2D eigenvalue weighted by Gasteiger charge is -2.35. The molecule has 1 N–H and O–H groups in total. The Labute approximate surface area is 123 Å². The van der Waals surface area contributed by atoms with Gasteiger partial charge in [-0.05, 0) is 32.6 Å². The van der Waals surface area contributed by atoms with Crippen LogP contribution in [0.2, 0.25) is 0 Å². The monoisotopic (exact) mass is 298 g/mol. The second-order valence-corrected chi connectivity index (χ2v) is 5.51. The molecule has 2 atom stereocenters. The second-order valence-electron chi connectivity index (χ2n) is 5.51. The number of aliphatic carboxylic acids is 1. The standard InChI is InChI=1S/C14H22N2O5/c1-2-21-13(19)10-5-3-7-15(9-10)14(20)16-8-4-6-11(16)12(17)18/h10-11H,2-9H2,1H3,(H,17,18)/t10?,11-/m0/s1. The van der Waals surface area contributed by atoms with Crippen molar-refractivity contribution in [1.82, 2.24) is 9.80 Å². The van der Waals surface area contributed by atoms with Crippen molar-refractivity contribution in [3.63, 3.8) is 0 Å². The molecule has 0 saturated carbocycles. The molecule has 0 spiro atoms. The molecular weight excluding hydrogens is 276 g/mol. The molecule has 7 nitrogen and oxygen atoms in total. The summed E-state index contributed by atoms with van der Waals surface area (Å²) in [6, 6.07) is -1.01. The molecule has 2 rings (SSSR count). The lowest BCUT2D eigenvalue weighted by molar-refractivity contribution is -0.149. The Bertz CT molecular complexity index is 426. The fourth-order valence-electron chi connectivity index (χ4n) is 3.04. The van der Waals surface area contributed by atoms with Crippen LogP contribution >= 0.6 is 0 Å². The fraction of sp³-hybridized carbons (Fsp3) is 0.786. The molecule has 2 aliphatic rings. The highest BCUT2D eigenvalue weighted by Crippen LogP contribution is 2.23. The summed E-state index contributed by atoms with van der Waals surface area (Å²) in [7, 11) is 0. The third-order valence-corrected chi connectivity index (χ3v) is 4.10. The van der Waals surface area contributed by atoms with Crippen LogP contribution in [0.15, 0.2) is 0 Å². The summed E-state index contributed by atoms with van der Waals surface area (Å²) in [5, 5.41) is 9.15. The Balaban J connectivity index is 1.98. The molecule has 7 heteroatoms. The molecule has 0 aromatic carbocycles. The summed E-state index contributed by atoms with van der Waals surface area (Å²) < 4.78 is 5.01. The van der Waals surface area contributed by atoms with Gasteiger partial charge in [-0.1, -0.05) is 0 Å². The number of ether oxygens (including phenoxy) is 1. The van der Waals surface area contributed by atoms with E-state index in [9.17, 15) is 14.4 Å². The van der Waals surface area contributed by atoms with Crippen molar-refractivity contribution < 1.29 is 24.2 Å². The van der Waals surface area contributed by atoms with E-state index in [0.717, 1.165) is 6.42 Å². The van der Waals surface area contributed by atoms with Gasteiger partial charge in [0, 0.05) is 19.6 Å². The summed E-state index contributed by atoms with van der Waals surface area (Å²) in [6.45, 7) is 3.44.